The zero-order chi connectivity index (χ0) is 5.11. The predicted molar refractivity (Wildman–Crippen MR) is 23.9 cm³/mol. The van der Waals surface area contributed by atoms with Crippen LogP contribution in [0.1, 0.15) is 0 Å². The topological polar surface area (TPSA) is 47.5 Å². The van der Waals surface area contributed by atoms with Gasteiger partial charge in [-0.2, -0.15) is 0 Å². The first-order valence-electron chi connectivity index (χ1n) is 2.03. The molecule has 0 bridgehead atoms. The molecule has 0 unspecified atom stereocenters. The molecule has 3 N–H and O–H groups in total. The molecule has 0 atom stereocenters. The SMILES string of the molecule is ON1NC=CCN1. The highest BCUT2D eigenvalue weighted by Crippen LogP contribution is 1.75. The van der Waals surface area contributed by atoms with E-state index in [0.717, 1.165) is 5.28 Å². The third-order valence-electron chi connectivity index (χ3n) is 0.674. The van der Waals surface area contributed by atoms with E-state index in [1.807, 2.05) is 6.08 Å². The Kier molecular flexibility index (Phi) is 1.26. The van der Waals surface area contributed by atoms with Gasteiger partial charge in [-0.15, -0.1) is 0 Å². The second-order valence-corrected chi connectivity index (χ2v) is 1.21. The van der Waals surface area contributed by atoms with Crippen LogP contribution in [-0.4, -0.2) is 17.0 Å². The molecular formula is C3H7N3O. The summed E-state index contributed by atoms with van der Waals surface area (Å²) in [5, 5.41) is 9.27. The lowest BCUT2D eigenvalue weighted by Gasteiger charge is -2.16. The summed E-state index contributed by atoms with van der Waals surface area (Å²) in [5.41, 5.74) is 5.05. The first kappa shape index (κ1) is 4.58. The van der Waals surface area contributed by atoms with Crippen molar-refractivity contribution in [1.82, 2.24) is 16.1 Å². The van der Waals surface area contributed by atoms with Gasteiger partial charge in [0.25, 0.3) is 0 Å². The Morgan fingerprint density at radius 3 is 2.86 bits per heavy atom. The van der Waals surface area contributed by atoms with Crippen molar-refractivity contribution in [1.29, 1.82) is 0 Å². The van der Waals surface area contributed by atoms with Crippen molar-refractivity contribution in [2.45, 2.75) is 0 Å². The maximum Gasteiger partial charge on any atom is 0.0341 e. The maximum absolute atomic E-state index is 8.47. The number of hydrazine groups is 2. The Labute approximate surface area is 41.3 Å². The van der Waals surface area contributed by atoms with Gasteiger partial charge in [0.2, 0.25) is 0 Å². The van der Waals surface area contributed by atoms with Gasteiger partial charge in [0.1, 0.15) is 0 Å². The largest absolute Gasteiger partial charge is 0.290 e. The smallest absolute Gasteiger partial charge is 0.0341 e. The molecule has 4 nitrogen and oxygen atoms in total. The molecule has 0 saturated heterocycles. The summed E-state index contributed by atoms with van der Waals surface area (Å²) in [5.74, 6) is 0. The van der Waals surface area contributed by atoms with Crippen molar-refractivity contribution in [3.05, 3.63) is 12.3 Å². The molecule has 0 aliphatic carbocycles. The standard InChI is InChI=1S/C3H7N3O/c7-6-4-2-1-3-5-6/h1-2,4-5,7H,3H2. The van der Waals surface area contributed by atoms with E-state index in [9.17, 15) is 0 Å². The summed E-state index contributed by atoms with van der Waals surface area (Å²) >= 11 is 0. The Bertz CT molecular complexity index is 82.2. The van der Waals surface area contributed by atoms with Crippen LogP contribution in [-0.2, 0) is 0 Å². The maximum atomic E-state index is 8.47. The van der Waals surface area contributed by atoms with Crippen molar-refractivity contribution in [3.63, 3.8) is 0 Å². The lowest BCUT2D eigenvalue weighted by Crippen LogP contribution is -2.45. The summed E-state index contributed by atoms with van der Waals surface area (Å²) in [6.45, 7) is 0.670. The number of hydrogen-bond donors (Lipinski definition) is 3. The van der Waals surface area contributed by atoms with Gasteiger partial charge in [-0.05, 0) is 5.28 Å². The number of nitrogens with zero attached hydrogens (tertiary/aromatic N) is 1. The van der Waals surface area contributed by atoms with E-state index in [2.05, 4.69) is 10.9 Å². The molecule has 0 aromatic rings. The van der Waals surface area contributed by atoms with Gasteiger partial charge in [0, 0.05) is 12.7 Å². The van der Waals surface area contributed by atoms with Crippen molar-refractivity contribution < 1.29 is 5.21 Å². The fourth-order valence-corrected chi connectivity index (χ4v) is 0.367. The van der Waals surface area contributed by atoms with Gasteiger partial charge in [0.05, 0.1) is 0 Å². The zero-order valence-electron chi connectivity index (χ0n) is 3.76. The normalized spacial score (nSPS) is 21.9. The minimum atomic E-state index is 0.670. The van der Waals surface area contributed by atoms with Gasteiger partial charge < -0.3 is 0 Å². The average Bonchev–Trinajstić information content (AvgIpc) is 1.69. The van der Waals surface area contributed by atoms with Crippen molar-refractivity contribution in [2.75, 3.05) is 6.54 Å². The van der Waals surface area contributed by atoms with Crippen molar-refractivity contribution in [2.24, 2.45) is 0 Å². The Morgan fingerprint density at radius 1 is 1.71 bits per heavy atom. The molecule has 1 rings (SSSR count). The van der Waals surface area contributed by atoms with Gasteiger partial charge in [-0.25, -0.2) is 5.43 Å². The molecule has 0 aromatic carbocycles. The van der Waals surface area contributed by atoms with E-state index >= 15 is 0 Å². The van der Waals surface area contributed by atoms with Gasteiger partial charge in [-0.1, -0.05) is 6.08 Å². The number of rotatable bonds is 0. The number of nitrogens with one attached hydrogen (secondary N) is 2. The molecule has 0 radical (unpaired) electrons. The fraction of sp³-hybridized carbons (Fsp3) is 0.333. The van der Waals surface area contributed by atoms with E-state index in [1.165, 1.54) is 0 Å². The molecule has 1 heterocycles. The summed E-state index contributed by atoms with van der Waals surface area (Å²) in [7, 11) is 0. The second-order valence-electron chi connectivity index (χ2n) is 1.21. The van der Waals surface area contributed by atoms with Crippen LogP contribution in [0.5, 0.6) is 0 Å². The van der Waals surface area contributed by atoms with E-state index in [4.69, 9.17) is 5.21 Å². The lowest BCUT2D eigenvalue weighted by molar-refractivity contribution is -0.170. The van der Waals surface area contributed by atoms with Crippen LogP contribution in [0.2, 0.25) is 0 Å². The first-order chi connectivity index (χ1) is 3.39. The minimum Gasteiger partial charge on any atom is -0.290 e. The molecule has 4 heteroatoms. The van der Waals surface area contributed by atoms with Crippen LogP contribution >= 0.6 is 0 Å². The van der Waals surface area contributed by atoms with Crippen LogP contribution in [0.3, 0.4) is 0 Å². The van der Waals surface area contributed by atoms with Crippen LogP contribution < -0.4 is 10.9 Å². The molecular weight excluding hydrogens is 94.1 g/mol. The Balaban J connectivity index is 2.32. The first-order valence-corrected chi connectivity index (χ1v) is 2.03. The third kappa shape index (κ3) is 1.15. The van der Waals surface area contributed by atoms with Crippen molar-refractivity contribution >= 4 is 0 Å². The molecule has 40 valence electrons. The van der Waals surface area contributed by atoms with E-state index in [0.29, 0.717) is 6.54 Å². The van der Waals surface area contributed by atoms with Crippen molar-refractivity contribution in [3.8, 4) is 0 Å². The summed E-state index contributed by atoms with van der Waals surface area (Å²) in [6.07, 6.45) is 3.50. The molecule has 1 aliphatic heterocycles. The molecule has 0 saturated carbocycles. The zero-order valence-corrected chi connectivity index (χ0v) is 3.76. The van der Waals surface area contributed by atoms with Gasteiger partial charge in [0.15, 0.2) is 0 Å². The highest BCUT2D eigenvalue weighted by Gasteiger charge is 1.94. The van der Waals surface area contributed by atoms with E-state index < -0.39 is 0 Å². The highest BCUT2D eigenvalue weighted by atomic mass is 16.6. The number of hydrogen-bond acceptors (Lipinski definition) is 4. The van der Waals surface area contributed by atoms with Crippen LogP contribution in [0.4, 0.5) is 0 Å². The van der Waals surface area contributed by atoms with Crippen LogP contribution in [0.25, 0.3) is 0 Å². The molecule has 0 fully saturated rings. The molecule has 0 amide bonds. The monoisotopic (exact) mass is 101 g/mol. The van der Waals surface area contributed by atoms with Crippen LogP contribution in [0.15, 0.2) is 12.3 Å². The summed E-state index contributed by atoms with van der Waals surface area (Å²) in [4.78, 5) is 0. The molecule has 7 heavy (non-hydrogen) atoms. The quantitative estimate of drug-likeness (QED) is 0.374. The second kappa shape index (κ2) is 1.92. The average molecular weight is 101 g/mol. The predicted octanol–water partition coefficient (Wildman–Crippen LogP) is -0.786. The lowest BCUT2D eigenvalue weighted by atomic mass is 10.6. The van der Waals surface area contributed by atoms with Gasteiger partial charge in [-0.3, -0.25) is 10.6 Å². The minimum absolute atomic E-state index is 0.670. The summed E-state index contributed by atoms with van der Waals surface area (Å²) in [6, 6.07) is 0. The van der Waals surface area contributed by atoms with E-state index in [-0.39, 0.29) is 0 Å². The molecule has 0 aromatic heterocycles. The summed E-state index contributed by atoms with van der Waals surface area (Å²) < 4.78 is 0. The molecule has 0 spiro atoms. The highest BCUT2D eigenvalue weighted by molar-refractivity contribution is 4.81. The van der Waals surface area contributed by atoms with Gasteiger partial charge >= 0.3 is 0 Å². The van der Waals surface area contributed by atoms with E-state index in [1.54, 1.807) is 6.20 Å². The third-order valence-corrected chi connectivity index (χ3v) is 0.674. The fourth-order valence-electron chi connectivity index (χ4n) is 0.367. The van der Waals surface area contributed by atoms with Crippen LogP contribution in [0, 0.1) is 0 Å². The Morgan fingerprint density at radius 2 is 2.57 bits per heavy atom. The Hall–Kier alpha value is -0.580. The molecule has 1 aliphatic rings.